The first kappa shape index (κ1) is 11.6. The highest BCUT2D eigenvalue weighted by molar-refractivity contribution is 6.33. The van der Waals surface area contributed by atoms with E-state index in [9.17, 15) is 4.79 Å². The minimum atomic E-state index is 0.389. The van der Waals surface area contributed by atoms with Crippen LogP contribution in [0.1, 0.15) is 10.5 Å². The molecular formula is C13H10ClNO2. The van der Waals surface area contributed by atoms with Gasteiger partial charge in [-0.25, -0.2) is 0 Å². The molecule has 2 aromatic rings. The molecule has 2 rings (SSSR count). The largest absolute Gasteiger partial charge is 0.496 e. The van der Waals surface area contributed by atoms with E-state index in [1.807, 2.05) is 12.1 Å². The molecule has 0 saturated heterocycles. The van der Waals surface area contributed by atoms with Crippen molar-refractivity contribution in [1.82, 2.24) is 4.98 Å². The third kappa shape index (κ3) is 2.29. The number of hydrogen-bond donors (Lipinski definition) is 0. The van der Waals surface area contributed by atoms with Crippen LogP contribution in [0.25, 0.3) is 11.1 Å². The lowest BCUT2D eigenvalue weighted by atomic mass is 10.1. The molecular weight excluding hydrogens is 238 g/mol. The molecule has 0 saturated carbocycles. The number of ether oxygens (including phenoxy) is 1. The molecule has 1 heterocycles. The lowest BCUT2D eigenvalue weighted by molar-refractivity contribution is 0.111. The monoisotopic (exact) mass is 247 g/mol. The Hall–Kier alpha value is -1.87. The topological polar surface area (TPSA) is 39.2 Å². The first-order chi connectivity index (χ1) is 8.26. The van der Waals surface area contributed by atoms with Gasteiger partial charge in [-0.3, -0.25) is 9.78 Å². The molecule has 0 N–H and O–H groups in total. The smallest absolute Gasteiger partial charge is 0.168 e. The van der Waals surface area contributed by atoms with Gasteiger partial charge in [0.1, 0.15) is 11.4 Å². The fraction of sp³-hybridized carbons (Fsp3) is 0.0769. The summed E-state index contributed by atoms with van der Waals surface area (Å²) in [7, 11) is 1.59. The highest BCUT2D eigenvalue weighted by Crippen LogP contribution is 2.35. The van der Waals surface area contributed by atoms with Crippen LogP contribution in [0.2, 0.25) is 5.02 Å². The summed E-state index contributed by atoms with van der Waals surface area (Å²) in [6.07, 6.45) is 2.31. The second-order valence-corrected chi connectivity index (χ2v) is 3.81. The fourth-order valence-corrected chi connectivity index (χ4v) is 1.85. The Bertz CT molecular complexity index is 538. The maximum absolute atomic E-state index is 10.5. The molecule has 0 aliphatic rings. The summed E-state index contributed by atoms with van der Waals surface area (Å²) in [6, 6.07) is 8.87. The molecule has 0 bridgehead atoms. The van der Waals surface area contributed by atoms with Crippen molar-refractivity contribution in [3.8, 4) is 16.9 Å². The predicted molar refractivity (Wildman–Crippen MR) is 66.6 cm³/mol. The Morgan fingerprint density at radius 1 is 1.29 bits per heavy atom. The van der Waals surface area contributed by atoms with Crippen LogP contribution in [0.15, 0.2) is 36.5 Å². The molecule has 0 atom stereocenters. The minimum Gasteiger partial charge on any atom is -0.496 e. The van der Waals surface area contributed by atoms with E-state index >= 15 is 0 Å². The first-order valence-corrected chi connectivity index (χ1v) is 5.38. The highest BCUT2D eigenvalue weighted by atomic mass is 35.5. The zero-order valence-electron chi connectivity index (χ0n) is 9.18. The molecule has 1 aromatic carbocycles. The van der Waals surface area contributed by atoms with Gasteiger partial charge in [-0.15, -0.1) is 0 Å². The molecule has 0 radical (unpaired) electrons. The lowest BCUT2D eigenvalue weighted by Crippen LogP contribution is -1.91. The van der Waals surface area contributed by atoms with E-state index in [-0.39, 0.29) is 0 Å². The van der Waals surface area contributed by atoms with Gasteiger partial charge in [0.25, 0.3) is 0 Å². The van der Waals surface area contributed by atoms with Gasteiger partial charge in [0.2, 0.25) is 0 Å². The third-order valence-corrected chi connectivity index (χ3v) is 2.71. The van der Waals surface area contributed by atoms with Crippen LogP contribution in [0.4, 0.5) is 0 Å². The average Bonchev–Trinajstić information content (AvgIpc) is 2.38. The maximum Gasteiger partial charge on any atom is 0.168 e. The van der Waals surface area contributed by atoms with Gasteiger partial charge in [-0.1, -0.05) is 23.7 Å². The van der Waals surface area contributed by atoms with E-state index in [2.05, 4.69) is 4.98 Å². The Morgan fingerprint density at radius 3 is 2.71 bits per heavy atom. The van der Waals surface area contributed by atoms with Crippen LogP contribution in [0.5, 0.6) is 5.75 Å². The third-order valence-electron chi connectivity index (χ3n) is 2.39. The maximum atomic E-state index is 10.5. The van der Waals surface area contributed by atoms with Crippen LogP contribution in [0, 0.1) is 0 Å². The summed E-state index contributed by atoms with van der Waals surface area (Å²) in [5, 5.41) is 0.588. The van der Waals surface area contributed by atoms with Crippen LogP contribution >= 0.6 is 11.6 Å². The molecule has 0 unspecified atom stereocenters. The Labute approximate surface area is 104 Å². The Balaban J connectivity index is 2.55. The zero-order valence-corrected chi connectivity index (χ0v) is 9.94. The minimum absolute atomic E-state index is 0.389. The first-order valence-electron chi connectivity index (χ1n) is 5.00. The van der Waals surface area contributed by atoms with Crippen molar-refractivity contribution in [3.63, 3.8) is 0 Å². The SMILES string of the molecule is COc1cccc(Cl)c1-c1ccc(C=O)nc1. The lowest BCUT2D eigenvalue weighted by Gasteiger charge is -2.10. The number of aromatic nitrogens is 1. The standard InChI is InChI=1S/C13H10ClNO2/c1-17-12-4-2-3-11(14)13(12)9-5-6-10(8-16)15-7-9/h2-8H,1H3. The van der Waals surface area contributed by atoms with Crippen molar-refractivity contribution in [2.75, 3.05) is 7.11 Å². The number of halogens is 1. The molecule has 4 heteroatoms. The summed E-state index contributed by atoms with van der Waals surface area (Å²) < 4.78 is 5.26. The Kier molecular flexibility index (Phi) is 3.40. The number of carbonyl (C=O) groups excluding carboxylic acids is 1. The van der Waals surface area contributed by atoms with E-state index in [0.29, 0.717) is 22.8 Å². The van der Waals surface area contributed by atoms with Crippen molar-refractivity contribution in [2.45, 2.75) is 0 Å². The van der Waals surface area contributed by atoms with Crippen LogP contribution in [-0.2, 0) is 0 Å². The second kappa shape index (κ2) is 4.97. The van der Waals surface area contributed by atoms with Gasteiger partial charge in [0.15, 0.2) is 6.29 Å². The van der Waals surface area contributed by atoms with Crippen molar-refractivity contribution in [2.24, 2.45) is 0 Å². The summed E-state index contributed by atoms with van der Waals surface area (Å²) in [4.78, 5) is 14.5. The van der Waals surface area contributed by atoms with Gasteiger partial charge in [-0.2, -0.15) is 0 Å². The van der Waals surface area contributed by atoms with Gasteiger partial charge in [0.05, 0.1) is 12.1 Å². The van der Waals surface area contributed by atoms with Gasteiger partial charge in [-0.05, 0) is 18.2 Å². The second-order valence-electron chi connectivity index (χ2n) is 3.41. The highest BCUT2D eigenvalue weighted by Gasteiger charge is 2.10. The molecule has 3 nitrogen and oxygen atoms in total. The number of methoxy groups -OCH3 is 1. The quantitative estimate of drug-likeness (QED) is 0.782. The number of hydrogen-bond acceptors (Lipinski definition) is 3. The molecule has 0 aliphatic carbocycles. The normalized spacial score (nSPS) is 10.0. The molecule has 0 aliphatic heterocycles. The number of benzene rings is 1. The van der Waals surface area contributed by atoms with E-state index in [4.69, 9.17) is 16.3 Å². The van der Waals surface area contributed by atoms with Crippen LogP contribution < -0.4 is 4.74 Å². The molecule has 0 amide bonds. The number of nitrogens with zero attached hydrogens (tertiary/aromatic N) is 1. The van der Waals surface area contributed by atoms with Crippen LogP contribution in [0.3, 0.4) is 0 Å². The van der Waals surface area contributed by atoms with Gasteiger partial charge >= 0.3 is 0 Å². The number of carbonyl (C=O) groups is 1. The van der Waals surface area contributed by atoms with Crippen molar-refractivity contribution < 1.29 is 9.53 Å². The van der Waals surface area contributed by atoms with E-state index in [0.717, 1.165) is 11.1 Å². The molecule has 1 aromatic heterocycles. The van der Waals surface area contributed by atoms with Crippen LogP contribution in [-0.4, -0.2) is 18.4 Å². The van der Waals surface area contributed by atoms with E-state index < -0.39 is 0 Å². The summed E-state index contributed by atoms with van der Waals surface area (Å²) in [5.74, 6) is 0.679. The summed E-state index contributed by atoms with van der Waals surface area (Å²) >= 11 is 6.14. The summed E-state index contributed by atoms with van der Waals surface area (Å²) in [6.45, 7) is 0. The van der Waals surface area contributed by atoms with Crippen molar-refractivity contribution in [3.05, 3.63) is 47.2 Å². The molecule has 0 fully saturated rings. The molecule has 0 spiro atoms. The average molecular weight is 248 g/mol. The summed E-state index contributed by atoms with van der Waals surface area (Å²) in [5.41, 5.74) is 1.99. The van der Waals surface area contributed by atoms with Crippen molar-refractivity contribution in [1.29, 1.82) is 0 Å². The van der Waals surface area contributed by atoms with E-state index in [1.165, 1.54) is 0 Å². The molecule has 86 valence electrons. The zero-order chi connectivity index (χ0) is 12.3. The number of pyridine rings is 1. The van der Waals surface area contributed by atoms with E-state index in [1.54, 1.807) is 31.5 Å². The molecule has 17 heavy (non-hydrogen) atoms. The predicted octanol–water partition coefficient (Wildman–Crippen LogP) is 3.22. The van der Waals surface area contributed by atoms with Gasteiger partial charge in [0, 0.05) is 17.3 Å². The fourth-order valence-electron chi connectivity index (χ4n) is 1.58. The number of aldehydes is 1. The Morgan fingerprint density at radius 2 is 2.12 bits per heavy atom. The number of rotatable bonds is 3. The van der Waals surface area contributed by atoms with Crippen molar-refractivity contribution >= 4 is 17.9 Å². The van der Waals surface area contributed by atoms with Gasteiger partial charge < -0.3 is 4.74 Å².